The molecule has 1 atom stereocenters. The topological polar surface area (TPSA) is 38.5 Å². The van der Waals surface area contributed by atoms with Crippen molar-refractivity contribution in [3.05, 3.63) is 29.8 Å². The minimum absolute atomic E-state index is 0.0000456. The summed E-state index contributed by atoms with van der Waals surface area (Å²) < 4.78 is 5.77. The fourth-order valence-corrected chi connectivity index (χ4v) is 2.74. The quantitative estimate of drug-likeness (QED) is 0.794. The number of nitrogens with zero attached hydrogens (tertiary/aromatic N) is 1. The molecule has 0 fully saturated rings. The second kappa shape index (κ2) is 7.65. The van der Waals surface area contributed by atoms with Gasteiger partial charge in [-0.15, -0.1) is 0 Å². The van der Waals surface area contributed by atoms with Crippen LogP contribution >= 0.6 is 0 Å². The van der Waals surface area contributed by atoms with E-state index < -0.39 is 0 Å². The molecule has 0 saturated heterocycles. The summed E-state index contributed by atoms with van der Waals surface area (Å²) in [6, 6.07) is 8.37. The highest BCUT2D eigenvalue weighted by Gasteiger charge is 2.28. The third-order valence-corrected chi connectivity index (χ3v) is 3.82. The molecule has 0 aliphatic heterocycles. The summed E-state index contributed by atoms with van der Waals surface area (Å²) in [5.74, 6) is 0.941. The Balaban J connectivity index is 2.89. The number of benzene rings is 1. The molecule has 0 aromatic heterocycles. The molecule has 20 heavy (non-hydrogen) atoms. The molecule has 3 heteroatoms. The van der Waals surface area contributed by atoms with Gasteiger partial charge in [-0.25, -0.2) is 0 Å². The van der Waals surface area contributed by atoms with Crippen molar-refractivity contribution >= 4 is 0 Å². The van der Waals surface area contributed by atoms with Crippen LogP contribution in [0.5, 0.6) is 5.75 Å². The Bertz CT molecular complexity index is 402. The molecule has 0 spiro atoms. The van der Waals surface area contributed by atoms with Crippen molar-refractivity contribution in [3.63, 3.8) is 0 Å². The predicted octanol–water partition coefficient (Wildman–Crippen LogP) is 3.08. The van der Waals surface area contributed by atoms with E-state index in [2.05, 4.69) is 43.9 Å². The SMILES string of the molecule is CCN(CC)C(C)(CN)Cc1cccc(OC(C)C)c1. The summed E-state index contributed by atoms with van der Waals surface area (Å²) in [6.07, 6.45) is 1.15. The summed E-state index contributed by atoms with van der Waals surface area (Å²) in [4.78, 5) is 2.43. The number of hydrogen-bond acceptors (Lipinski definition) is 3. The van der Waals surface area contributed by atoms with Crippen molar-refractivity contribution in [1.29, 1.82) is 0 Å². The van der Waals surface area contributed by atoms with E-state index in [0.29, 0.717) is 6.54 Å². The molecular formula is C17H30N2O. The first-order valence-corrected chi connectivity index (χ1v) is 7.66. The van der Waals surface area contributed by atoms with Crippen molar-refractivity contribution in [3.8, 4) is 5.75 Å². The molecule has 0 amide bonds. The Morgan fingerprint density at radius 3 is 2.40 bits per heavy atom. The van der Waals surface area contributed by atoms with Gasteiger partial charge in [0.05, 0.1) is 6.10 Å². The molecule has 0 radical (unpaired) electrons. The molecule has 0 bridgehead atoms. The van der Waals surface area contributed by atoms with Crippen LogP contribution in [0, 0.1) is 0 Å². The van der Waals surface area contributed by atoms with Crippen molar-refractivity contribution in [2.45, 2.75) is 52.7 Å². The minimum atomic E-state index is -0.0000456. The molecule has 0 aliphatic carbocycles. The van der Waals surface area contributed by atoms with Gasteiger partial charge < -0.3 is 10.5 Å². The monoisotopic (exact) mass is 278 g/mol. The second-order valence-electron chi connectivity index (χ2n) is 5.86. The van der Waals surface area contributed by atoms with Gasteiger partial charge in [-0.2, -0.15) is 0 Å². The number of hydrogen-bond donors (Lipinski definition) is 1. The third kappa shape index (κ3) is 4.50. The van der Waals surface area contributed by atoms with Gasteiger partial charge in [-0.05, 0) is 58.0 Å². The van der Waals surface area contributed by atoms with E-state index in [1.54, 1.807) is 0 Å². The maximum Gasteiger partial charge on any atom is 0.119 e. The van der Waals surface area contributed by atoms with Gasteiger partial charge >= 0.3 is 0 Å². The first-order chi connectivity index (χ1) is 9.45. The van der Waals surface area contributed by atoms with Crippen LogP contribution < -0.4 is 10.5 Å². The van der Waals surface area contributed by atoms with Crippen LogP contribution in [-0.2, 0) is 6.42 Å². The molecular weight excluding hydrogens is 248 g/mol. The lowest BCUT2D eigenvalue weighted by atomic mass is 9.90. The lowest BCUT2D eigenvalue weighted by molar-refractivity contribution is 0.124. The minimum Gasteiger partial charge on any atom is -0.491 e. The van der Waals surface area contributed by atoms with E-state index >= 15 is 0 Å². The van der Waals surface area contributed by atoms with Gasteiger partial charge in [-0.1, -0.05) is 26.0 Å². The summed E-state index contributed by atoms with van der Waals surface area (Å²) in [7, 11) is 0. The average Bonchev–Trinajstić information content (AvgIpc) is 2.39. The molecule has 0 heterocycles. The van der Waals surface area contributed by atoms with E-state index in [0.717, 1.165) is 25.3 Å². The van der Waals surface area contributed by atoms with Crippen molar-refractivity contribution in [2.75, 3.05) is 19.6 Å². The van der Waals surface area contributed by atoms with Crippen LogP contribution in [0.1, 0.15) is 40.2 Å². The van der Waals surface area contributed by atoms with Crippen LogP contribution in [0.2, 0.25) is 0 Å². The zero-order chi connectivity index (χ0) is 15.2. The highest BCUT2D eigenvalue weighted by Crippen LogP contribution is 2.23. The number of likely N-dealkylation sites (N-methyl/N-ethyl adjacent to an activating group) is 1. The molecule has 0 saturated carbocycles. The normalized spacial score (nSPS) is 14.6. The molecule has 2 N–H and O–H groups in total. The number of nitrogens with two attached hydrogens (primary N) is 1. The molecule has 0 aliphatic rings. The standard InChI is InChI=1S/C17H30N2O/c1-6-19(7-2)17(5,13-18)12-15-9-8-10-16(11-15)20-14(3)4/h8-11,14H,6-7,12-13,18H2,1-5H3. The lowest BCUT2D eigenvalue weighted by Gasteiger charge is -2.39. The van der Waals surface area contributed by atoms with Gasteiger partial charge in [0.15, 0.2) is 0 Å². The van der Waals surface area contributed by atoms with Gasteiger partial charge in [0.2, 0.25) is 0 Å². The van der Waals surface area contributed by atoms with Gasteiger partial charge in [0.1, 0.15) is 5.75 Å². The Kier molecular flexibility index (Phi) is 6.50. The first-order valence-electron chi connectivity index (χ1n) is 7.66. The Hall–Kier alpha value is -1.06. The van der Waals surface area contributed by atoms with E-state index in [1.165, 1.54) is 5.56 Å². The van der Waals surface area contributed by atoms with E-state index in [1.807, 2.05) is 19.9 Å². The fourth-order valence-electron chi connectivity index (χ4n) is 2.74. The van der Waals surface area contributed by atoms with Crippen molar-refractivity contribution < 1.29 is 4.74 Å². The summed E-state index contributed by atoms with van der Waals surface area (Å²) in [5, 5.41) is 0. The van der Waals surface area contributed by atoms with E-state index in [4.69, 9.17) is 10.5 Å². The first kappa shape index (κ1) is 17.0. The Labute approximate surface area is 124 Å². The van der Waals surface area contributed by atoms with Gasteiger partial charge in [-0.3, -0.25) is 4.90 Å². The van der Waals surface area contributed by atoms with Crippen molar-refractivity contribution in [1.82, 2.24) is 4.90 Å². The highest BCUT2D eigenvalue weighted by atomic mass is 16.5. The molecule has 1 aromatic rings. The van der Waals surface area contributed by atoms with Crippen LogP contribution in [-0.4, -0.2) is 36.2 Å². The Morgan fingerprint density at radius 1 is 1.25 bits per heavy atom. The summed E-state index contributed by atoms with van der Waals surface area (Å²) >= 11 is 0. The largest absolute Gasteiger partial charge is 0.491 e. The molecule has 3 nitrogen and oxygen atoms in total. The fraction of sp³-hybridized carbons (Fsp3) is 0.647. The third-order valence-electron chi connectivity index (χ3n) is 3.82. The smallest absolute Gasteiger partial charge is 0.119 e. The molecule has 114 valence electrons. The average molecular weight is 278 g/mol. The summed E-state index contributed by atoms with van der Waals surface area (Å²) in [6.45, 7) is 13.4. The van der Waals surface area contributed by atoms with Crippen molar-refractivity contribution in [2.24, 2.45) is 5.73 Å². The maximum absolute atomic E-state index is 6.05. The van der Waals surface area contributed by atoms with E-state index in [9.17, 15) is 0 Å². The summed E-state index contributed by atoms with van der Waals surface area (Å²) in [5.41, 5.74) is 7.33. The second-order valence-corrected chi connectivity index (χ2v) is 5.86. The molecule has 1 aromatic carbocycles. The van der Waals surface area contributed by atoms with Crippen LogP contribution in [0.25, 0.3) is 0 Å². The van der Waals surface area contributed by atoms with Crippen LogP contribution in [0.4, 0.5) is 0 Å². The van der Waals surface area contributed by atoms with Crippen LogP contribution in [0.3, 0.4) is 0 Å². The predicted molar refractivity (Wildman–Crippen MR) is 86.3 cm³/mol. The number of ether oxygens (including phenoxy) is 1. The molecule has 1 rings (SSSR count). The number of rotatable bonds is 8. The maximum atomic E-state index is 6.05. The zero-order valence-electron chi connectivity index (χ0n) is 13.6. The van der Waals surface area contributed by atoms with Gasteiger partial charge in [0.25, 0.3) is 0 Å². The van der Waals surface area contributed by atoms with Gasteiger partial charge in [0, 0.05) is 12.1 Å². The van der Waals surface area contributed by atoms with E-state index in [-0.39, 0.29) is 11.6 Å². The highest BCUT2D eigenvalue weighted by molar-refractivity contribution is 5.30. The zero-order valence-corrected chi connectivity index (χ0v) is 13.6. The van der Waals surface area contributed by atoms with Crippen LogP contribution in [0.15, 0.2) is 24.3 Å². The lowest BCUT2D eigenvalue weighted by Crippen LogP contribution is -2.53. The Morgan fingerprint density at radius 2 is 1.90 bits per heavy atom. The molecule has 1 unspecified atom stereocenters.